The van der Waals surface area contributed by atoms with E-state index in [1.165, 1.54) is 0 Å². The van der Waals surface area contributed by atoms with Gasteiger partial charge in [0.2, 0.25) is 5.91 Å². The number of hydrogen-bond donors (Lipinski definition) is 1. The number of carbonyl (C=O) groups excluding carboxylic acids is 1. The lowest BCUT2D eigenvalue weighted by Gasteiger charge is -2.07. The maximum atomic E-state index is 11.9. The third-order valence-electron chi connectivity index (χ3n) is 3.64. The molecule has 0 fully saturated rings. The summed E-state index contributed by atoms with van der Waals surface area (Å²) < 4.78 is 5.12. The van der Waals surface area contributed by atoms with Crippen LogP contribution in [-0.2, 0) is 17.0 Å². The second kappa shape index (κ2) is 10.6. The van der Waals surface area contributed by atoms with Crippen LogP contribution in [0.2, 0.25) is 10.0 Å². The average Bonchev–Trinajstić information content (AvgIpc) is 2.61. The number of hydrogen-bond acceptors (Lipinski definition) is 3. The van der Waals surface area contributed by atoms with Crippen LogP contribution in [0.25, 0.3) is 0 Å². The standard InChI is InChI=1S/C19H21Cl2NO2S/c1-24-17-7-2-14(3-8-17)4-9-19(23)22-10-11-25-13-15-5-6-16(20)12-18(15)21/h2-3,5-8,12H,4,9-11,13H2,1H3,(H,22,23). The highest BCUT2D eigenvalue weighted by molar-refractivity contribution is 7.98. The second-order valence-electron chi connectivity index (χ2n) is 5.49. The van der Waals surface area contributed by atoms with E-state index in [2.05, 4.69) is 5.32 Å². The molecule has 0 atom stereocenters. The summed E-state index contributed by atoms with van der Waals surface area (Å²) in [4.78, 5) is 11.9. The second-order valence-corrected chi connectivity index (χ2v) is 7.44. The van der Waals surface area contributed by atoms with E-state index in [4.69, 9.17) is 27.9 Å². The van der Waals surface area contributed by atoms with Crippen molar-refractivity contribution in [3.8, 4) is 5.75 Å². The number of aryl methyl sites for hydroxylation is 1. The van der Waals surface area contributed by atoms with Crippen molar-refractivity contribution in [2.45, 2.75) is 18.6 Å². The molecule has 1 amide bonds. The average molecular weight is 398 g/mol. The fourth-order valence-corrected chi connectivity index (χ4v) is 3.64. The summed E-state index contributed by atoms with van der Waals surface area (Å²) >= 11 is 13.7. The van der Waals surface area contributed by atoms with Crippen molar-refractivity contribution in [1.29, 1.82) is 0 Å². The topological polar surface area (TPSA) is 38.3 Å². The van der Waals surface area contributed by atoms with Crippen molar-refractivity contribution in [3.63, 3.8) is 0 Å². The quantitative estimate of drug-likeness (QED) is 0.605. The first-order valence-corrected chi connectivity index (χ1v) is 9.91. The number of ether oxygens (including phenoxy) is 1. The van der Waals surface area contributed by atoms with Gasteiger partial charge in [0.25, 0.3) is 0 Å². The zero-order valence-electron chi connectivity index (χ0n) is 14.1. The zero-order valence-corrected chi connectivity index (χ0v) is 16.4. The Balaban J connectivity index is 1.60. The molecule has 2 aromatic carbocycles. The van der Waals surface area contributed by atoms with Gasteiger partial charge in [0.05, 0.1) is 7.11 Å². The Morgan fingerprint density at radius 3 is 2.60 bits per heavy atom. The van der Waals surface area contributed by atoms with Crippen LogP contribution < -0.4 is 10.1 Å². The Bertz CT molecular complexity index is 692. The van der Waals surface area contributed by atoms with Crippen molar-refractivity contribution in [2.75, 3.05) is 19.4 Å². The molecule has 0 aromatic heterocycles. The molecule has 0 bridgehead atoms. The number of benzene rings is 2. The predicted molar refractivity (Wildman–Crippen MR) is 107 cm³/mol. The van der Waals surface area contributed by atoms with E-state index in [9.17, 15) is 4.79 Å². The smallest absolute Gasteiger partial charge is 0.220 e. The van der Waals surface area contributed by atoms with Gasteiger partial charge in [-0.25, -0.2) is 0 Å². The normalized spacial score (nSPS) is 10.5. The molecule has 2 rings (SSSR count). The lowest BCUT2D eigenvalue weighted by Crippen LogP contribution is -2.25. The van der Waals surface area contributed by atoms with Crippen LogP contribution in [-0.4, -0.2) is 25.3 Å². The first-order valence-electron chi connectivity index (χ1n) is 8.00. The molecule has 0 aliphatic rings. The molecular weight excluding hydrogens is 377 g/mol. The maximum Gasteiger partial charge on any atom is 0.220 e. The van der Waals surface area contributed by atoms with Crippen LogP contribution in [0, 0.1) is 0 Å². The fraction of sp³-hybridized carbons (Fsp3) is 0.316. The molecule has 6 heteroatoms. The summed E-state index contributed by atoms with van der Waals surface area (Å²) in [7, 11) is 1.64. The van der Waals surface area contributed by atoms with E-state index in [1.54, 1.807) is 24.9 Å². The van der Waals surface area contributed by atoms with Gasteiger partial charge in [0, 0.05) is 34.5 Å². The molecule has 1 N–H and O–H groups in total. The van der Waals surface area contributed by atoms with Gasteiger partial charge in [-0.15, -0.1) is 0 Å². The number of rotatable bonds is 9. The van der Waals surface area contributed by atoms with Crippen LogP contribution in [0.1, 0.15) is 17.5 Å². The van der Waals surface area contributed by atoms with Gasteiger partial charge in [-0.2, -0.15) is 11.8 Å². The van der Waals surface area contributed by atoms with Crippen molar-refractivity contribution in [1.82, 2.24) is 5.32 Å². The van der Waals surface area contributed by atoms with Gasteiger partial charge in [-0.1, -0.05) is 41.4 Å². The van der Waals surface area contributed by atoms with Gasteiger partial charge in [0.15, 0.2) is 0 Å². The summed E-state index contributed by atoms with van der Waals surface area (Å²) in [5.41, 5.74) is 2.18. The van der Waals surface area contributed by atoms with Crippen molar-refractivity contribution in [3.05, 3.63) is 63.6 Å². The minimum absolute atomic E-state index is 0.0703. The van der Waals surface area contributed by atoms with Crippen LogP contribution in [0.15, 0.2) is 42.5 Å². The van der Waals surface area contributed by atoms with Crippen LogP contribution in [0.5, 0.6) is 5.75 Å². The van der Waals surface area contributed by atoms with Crippen molar-refractivity contribution in [2.24, 2.45) is 0 Å². The van der Waals surface area contributed by atoms with E-state index in [1.807, 2.05) is 36.4 Å². The van der Waals surface area contributed by atoms with E-state index in [0.717, 1.165) is 34.8 Å². The summed E-state index contributed by atoms with van der Waals surface area (Å²) in [6, 6.07) is 13.3. The van der Waals surface area contributed by atoms with E-state index in [0.29, 0.717) is 23.0 Å². The first-order chi connectivity index (χ1) is 12.1. The number of halogens is 2. The number of carbonyl (C=O) groups is 1. The number of methoxy groups -OCH3 is 1. The highest BCUT2D eigenvalue weighted by Crippen LogP contribution is 2.24. The molecule has 0 spiro atoms. The minimum atomic E-state index is 0.0703. The lowest BCUT2D eigenvalue weighted by atomic mass is 10.1. The molecule has 0 saturated carbocycles. The molecular formula is C19H21Cl2NO2S. The summed E-state index contributed by atoms with van der Waals surface area (Å²) in [6.07, 6.45) is 1.21. The van der Waals surface area contributed by atoms with Crippen LogP contribution >= 0.6 is 35.0 Å². The number of nitrogens with one attached hydrogen (secondary N) is 1. The Hall–Kier alpha value is -1.36. The Morgan fingerprint density at radius 1 is 1.16 bits per heavy atom. The highest BCUT2D eigenvalue weighted by Gasteiger charge is 2.04. The number of thioether (sulfide) groups is 1. The molecule has 2 aromatic rings. The predicted octanol–water partition coefficient (Wildman–Crippen LogP) is 4.98. The highest BCUT2D eigenvalue weighted by atomic mass is 35.5. The molecule has 0 saturated heterocycles. The Kier molecular flexibility index (Phi) is 8.45. The lowest BCUT2D eigenvalue weighted by molar-refractivity contribution is -0.120. The Morgan fingerprint density at radius 2 is 1.92 bits per heavy atom. The molecule has 3 nitrogen and oxygen atoms in total. The zero-order chi connectivity index (χ0) is 18.1. The summed E-state index contributed by atoms with van der Waals surface area (Å²) in [5, 5.41) is 4.27. The monoisotopic (exact) mass is 397 g/mol. The Labute approximate surface area is 163 Å². The number of amides is 1. The van der Waals surface area contributed by atoms with E-state index in [-0.39, 0.29) is 5.91 Å². The SMILES string of the molecule is COc1ccc(CCC(=O)NCCSCc2ccc(Cl)cc2Cl)cc1. The fourth-order valence-electron chi connectivity index (χ4n) is 2.22. The van der Waals surface area contributed by atoms with Gasteiger partial charge < -0.3 is 10.1 Å². The minimum Gasteiger partial charge on any atom is -0.497 e. The third kappa shape index (κ3) is 7.18. The van der Waals surface area contributed by atoms with Gasteiger partial charge >= 0.3 is 0 Å². The molecule has 0 aliphatic carbocycles. The van der Waals surface area contributed by atoms with E-state index < -0.39 is 0 Å². The van der Waals surface area contributed by atoms with Crippen molar-refractivity contribution >= 4 is 40.9 Å². The van der Waals surface area contributed by atoms with Gasteiger partial charge in [-0.05, 0) is 41.8 Å². The molecule has 0 unspecified atom stereocenters. The third-order valence-corrected chi connectivity index (χ3v) is 5.24. The first kappa shape index (κ1) is 20.0. The molecule has 0 aliphatic heterocycles. The summed E-state index contributed by atoms with van der Waals surface area (Å²) in [5.74, 6) is 2.54. The van der Waals surface area contributed by atoms with Crippen LogP contribution in [0.3, 0.4) is 0 Å². The molecule has 0 radical (unpaired) electrons. The van der Waals surface area contributed by atoms with Crippen LogP contribution in [0.4, 0.5) is 0 Å². The van der Waals surface area contributed by atoms with Gasteiger partial charge in [-0.3, -0.25) is 4.79 Å². The van der Waals surface area contributed by atoms with E-state index >= 15 is 0 Å². The van der Waals surface area contributed by atoms with Gasteiger partial charge in [0.1, 0.15) is 5.75 Å². The maximum absolute atomic E-state index is 11.9. The van der Waals surface area contributed by atoms with Crippen molar-refractivity contribution < 1.29 is 9.53 Å². The largest absolute Gasteiger partial charge is 0.497 e. The molecule has 0 heterocycles. The molecule has 134 valence electrons. The summed E-state index contributed by atoms with van der Waals surface area (Å²) in [6.45, 7) is 0.650. The molecule has 25 heavy (non-hydrogen) atoms.